The first-order chi connectivity index (χ1) is 19.6. The van der Waals surface area contributed by atoms with Crippen LogP contribution in [-0.4, -0.2) is 46.8 Å². The second-order valence-corrected chi connectivity index (χ2v) is 12.5. The third-order valence-corrected chi connectivity index (χ3v) is 10.1. The quantitative estimate of drug-likeness (QED) is 0.419. The van der Waals surface area contributed by atoms with Crippen molar-refractivity contribution in [3.8, 4) is 0 Å². The van der Waals surface area contributed by atoms with Gasteiger partial charge in [-0.1, -0.05) is 110 Å². The van der Waals surface area contributed by atoms with Crippen molar-refractivity contribution in [3.05, 3.63) is 150 Å². The Morgan fingerprint density at radius 1 is 0.600 bits per heavy atom. The van der Waals surface area contributed by atoms with Crippen LogP contribution in [0.5, 0.6) is 0 Å². The van der Waals surface area contributed by atoms with Gasteiger partial charge in [0, 0.05) is 15.2 Å². The summed E-state index contributed by atoms with van der Waals surface area (Å²) < 4.78 is 9.92. The van der Waals surface area contributed by atoms with Gasteiger partial charge in [0.05, 0.1) is 0 Å². The summed E-state index contributed by atoms with van der Waals surface area (Å²) in [7, 11) is 0. The molecule has 1 fully saturated rings. The molecule has 6 aliphatic rings. The Bertz CT molecular complexity index is 1610. The van der Waals surface area contributed by atoms with Gasteiger partial charge in [-0.2, -0.15) is 0 Å². The van der Waals surface area contributed by atoms with Gasteiger partial charge in [0.2, 0.25) is 0 Å². The van der Waals surface area contributed by atoms with Gasteiger partial charge in [-0.05, 0) is 71.4 Å². The van der Waals surface area contributed by atoms with Crippen molar-refractivity contribution in [2.75, 3.05) is 0 Å². The van der Waals surface area contributed by atoms with E-state index in [4.69, 9.17) is 0 Å². The van der Waals surface area contributed by atoms with Crippen LogP contribution in [0.4, 0.5) is 0 Å². The van der Waals surface area contributed by atoms with Crippen molar-refractivity contribution in [2.45, 2.75) is 29.1 Å². The molecule has 0 N–H and O–H groups in total. The molecular weight excluding hydrogens is 504 g/mol. The van der Waals surface area contributed by atoms with Crippen LogP contribution in [0.1, 0.15) is 30.5 Å². The van der Waals surface area contributed by atoms with Crippen LogP contribution in [0.2, 0.25) is 0 Å². The second kappa shape index (κ2) is 9.10. The molecule has 2 aromatic carbocycles. The zero-order valence-electron chi connectivity index (χ0n) is 22.7. The van der Waals surface area contributed by atoms with Crippen LogP contribution < -0.4 is 0 Å². The average molecular weight is 532 g/mol. The Balaban J connectivity index is 1.26. The van der Waals surface area contributed by atoms with Crippen LogP contribution in [0.3, 0.4) is 0 Å². The molecule has 8 rings (SSSR count). The predicted octanol–water partition coefficient (Wildman–Crippen LogP) is 5.97. The smallest absolute Gasteiger partial charge is 0.380 e. The lowest BCUT2D eigenvalue weighted by atomic mass is 9.41. The fraction of sp³-hybridized carbons (Fsp3) is 0.0968. The van der Waals surface area contributed by atoms with E-state index < -0.39 is 0 Å². The molecule has 0 radical (unpaired) electrons. The van der Waals surface area contributed by atoms with Gasteiger partial charge < -0.3 is 18.9 Å². The van der Waals surface area contributed by atoms with Crippen LogP contribution in [-0.2, 0) is 5.41 Å². The number of benzene rings is 2. The van der Waals surface area contributed by atoms with Crippen LogP contribution in [0, 0.1) is 0 Å². The average Bonchev–Trinajstić information content (AvgIpc) is 3.00. The normalized spacial score (nSPS) is 20.9. The van der Waals surface area contributed by atoms with E-state index in [-0.39, 0.29) is 33.3 Å². The Hall–Kier alpha value is -3.83. The van der Waals surface area contributed by atoms with Gasteiger partial charge in [0.1, 0.15) is 0 Å². The van der Waals surface area contributed by atoms with Gasteiger partial charge in [-0.15, -0.1) is 0 Å². The Kier molecular flexibility index (Phi) is 5.46. The van der Waals surface area contributed by atoms with E-state index in [9.17, 15) is 0 Å². The third-order valence-electron chi connectivity index (χ3n) is 8.91. The SMILES string of the molecule is CC1(C)c2ccccc2Sc2c(C3=CN4B5C=CC=CN5B5C=CC=CN5B5C=CC=CN5B4C=C3)cccc21. The van der Waals surface area contributed by atoms with Crippen LogP contribution >= 0.6 is 11.8 Å². The highest BCUT2D eigenvalue weighted by Gasteiger charge is 2.50. The fourth-order valence-electron chi connectivity index (χ4n) is 6.90. The summed E-state index contributed by atoms with van der Waals surface area (Å²) in [4.78, 5) is 2.72. The number of rotatable bonds is 1. The van der Waals surface area contributed by atoms with E-state index >= 15 is 0 Å². The predicted molar refractivity (Wildman–Crippen MR) is 171 cm³/mol. The van der Waals surface area contributed by atoms with Gasteiger partial charge in [-0.25, -0.2) is 0 Å². The molecule has 0 aliphatic carbocycles. The van der Waals surface area contributed by atoms with Gasteiger partial charge in [-0.3, -0.25) is 0 Å². The highest BCUT2D eigenvalue weighted by Crippen LogP contribution is 2.51. The topological polar surface area (TPSA) is 13.0 Å². The summed E-state index contributed by atoms with van der Waals surface area (Å²) in [5.41, 5.74) is 5.32. The standard InChI is InChI=1S/C31H28B4N4S/c1-31(2)27-13-3-4-15-29(27)40-30-26(12-11-14-28(30)31)25-16-20-35-38-23-9-6-18-33(38)36-21-8-5-17-32(36)37-22-10-7-19-34(37)39(35)24-25/h3-24H,1-2H3. The van der Waals surface area contributed by atoms with Crippen molar-refractivity contribution >= 4 is 45.3 Å². The van der Waals surface area contributed by atoms with Crippen molar-refractivity contribution < 1.29 is 0 Å². The minimum atomic E-state index is -0.0503. The molecule has 0 saturated carbocycles. The first kappa shape index (κ1) is 24.0. The van der Waals surface area contributed by atoms with Crippen molar-refractivity contribution in [3.63, 3.8) is 0 Å². The first-order valence-corrected chi connectivity index (χ1v) is 14.9. The largest absolute Gasteiger partial charge is 0.423 e. The van der Waals surface area contributed by atoms with Gasteiger partial charge in [0.25, 0.3) is 0 Å². The minimum Gasteiger partial charge on any atom is -0.423 e. The summed E-state index contributed by atoms with van der Waals surface area (Å²) >= 11 is 1.91. The Labute approximate surface area is 243 Å². The molecule has 6 heterocycles. The molecule has 6 aliphatic heterocycles. The summed E-state index contributed by atoms with van der Waals surface area (Å²) in [6.45, 7) is 5.09. The Morgan fingerprint density at radius 3 is 1.85 bits per heavy atom. The number of allylic oxidation sites excluding steroid dienone is 8. The van der Waals surface area contributed by atoms with E-state index in [0.29, 0.717) is 0 Å². The lowest BCUT2D eigenvalue weighted by molar-refractivity contribution is 0.606. The molecule has 0 amide bonds. The molecule has 190 valence electrons. The van der Waals surface area contributed by atoms with Crippen molar-refractivity contribution in [1.82, 2.24) is 18.9 Å². The van der Waals surface area contributed by atoms with Crippen molar-refractivity contribution in [2.24, 2.45) is 0 Å². The van der Waals surface area contributed by atoms with E-state index in [0.717, 1.165) is 0 Å². The highest BCUT2D eigenvalue weighted by atomic mass is 32.2. The van der Waals surface area contributed by atoms with Gasteiger partial charge >= 0.3 is 27.9 Å². The molecule has 4 nitrogen and oxygen atoms in total. The minimum absolute atomic E-state index is 0.0503. The molecule has 0 bridgehead atoms. The zero-order valence-corrected chi connectivity index (χ0v) is 23.5. The summed E-state index contributed by atoms with van der Waals surface area (Å²) in [6, 6.07) is 15.7. The maximum Gasteiger partial charge on any atom is 0.380 e. The first-order valence-electron chi connectivity index (χ1n) is 14.1. The molecule has 1 saturated heterocycles. The molecule has 40 heavy (non-hydrogen) atoms. The monoisotopic (exact) mass is 532 g/mol. The third kappa shape index (κ3) is 3.53. The molecule has 2 aromatic rings. The summed E-state index contributed by atoms with van der Waals surface area (Å²) in [6.07, 6.45) is 24.4. The molecule has 0 aromatic heterocycles. The lowest BCUT2D eigenvalue weighted by Crippen LogP contribution is -2.73. The number of nitrogens with zero attached hydrogens (tertiary/aromatic N) is 4. The van der Waals surface area contributed by atoms with Gasteiger partial charge in [0.15, 0.2) is 0 Å². The number of hydrogen-bond acceptors (Lipinski definition) is 5. The fourth-order valence-corrected chi connectivity index (χ4v) is 8.43. The molecule has 0 unspecified atom stereocenters. The van der Waals surface area contributed by atoms with Crippen molar-refractivity contribution in [1.29, 1.82) is 0 Å². The van der Waals surface area contributed by atoms with E-state index in [2.05, 4.69) is 166 Å². The van der Waals surface area contributed by atoms with Crippen LogP contribution in [0.25, 0.3) is 5.57 Å². The maximum atomic E-state index is 2.53. The lowest BCUT2D eigenvalue weighted by Gasteiger charge is -2.53. The second-order valence-electron chi connectivity index (χ2n) is 11.5. The summed E-state index contributed by atoms with van der Waals surface area (Å²) in [5, 5.41) is 0. The number of hydrogen-bond donors (Lipinski definition) is 0. The Morgan fingerprint density at radius 2 is 1.18 bits per heavy atom. The van der Waals surface area contributed by atoms with E-state index in [1.165, 1.54) is 32.1 Å². The highest BCUT2D eigenvalue weighted by molar-refractivity contribution is 7.99. The molecule has 9 heteroatoms. The molecule has 0 spiro atoms. The maximum absolute atomic E-state index is 2.53. The zero-order chi connectivity index (χ0) is 26.8. The van der Waals surface area contributed by atoms with Crippen LogP contribution in [0.15, 0.2) is 143 Å². The summed E-state index contributed by atoms with van der Waals surface area (Å²) in [5.74, 6) is 9.31. The van der Waals surface area contributed by atoms with E-state index in [1.54, 1.807) is 0 Å². The van der Waals surface area contributed by atoms with E-state index in [1.807, 2.05) is 11.8 Å². The molecular formula is C31H28B4N4S. The number of fused-ring (bicyclic) bond motifs is 10. The molecule has 0 atom stereocenters.